The second-order valence-corrected chi connectivity index (χ2v) is 12.4. The molecule has 0 saturated heterocycles. The number of allylic oxidation sites excluding steroid dienone is 3. The van der Waals surface area contributed by atoms with Crippen molar-refractivity contribution in [1.29, 1.82) is 0 Å². The van der Waals surface area contributed by atoms with Crippen molar-refractivity contribution in [2.75, 3.05) is 6.61 Å². The van der Waals surface area contributed by atoms with Crippen LogP contribution in [0.4, 0.5) is 0 Å². The van der Waals surface area contributed by atoms with E-state index >= 15 is 0 Å². The number of aliphatic hydroxyl groups is 3. The summed E-state index contributed by atoms with van der Waals surface area (Å²) in [4.78, 5) is 0. The molecule has 36 heavy (non-hydrogen) atoms. The van der Waals surface area contributed by atoms with E-state index in [9.17, 15) is 15.3 Å². The van der Waals surface area contributed by atoms with Crippen LogP contribution in [0.15, 0.2) is 59.7 Å². The molecule has 4 rings (SSSR count). The molecule has 0 heterocycles. The molecule has 3 saturated carbocycles. The molecule has 0 bridgehead atoms. The number of aliphatic hydroxyl groups excluding tert-OH is 2. The fourth-order valence-electron chi connectivity index (χ4n) is 7.20. The Hall–Kier alpha value is -1.72. The fourth-order valence-corrected chi connectivity index (χ4v) is 7.20. The van der Waals surface area contributed by atoms with E-state index in [4.69, 9.17) is 4.74 Å². The molecule has 0 radical (unpaired) electrons. The fraction of sp³-hybridized carbons (Fsp3) is 0.625. The minimum Gasteiger partial charge on any atom is -0.393 e. The quantitative estimate of drug-likeness (QED) is 0.422. The van der Waals surface area contributed by atoms with E-state index < -0.39 is 17.8 Å². The molecule has 6 atom stereocenters. The summed E-state index contributed by atoms with van der Waals surface area (Å²) in [6.07, 6.45) is 10.3. The first kappa shape index (κ1) is 27.3. The molecule has 3 N–H and O–H groups in total. The molecule has 0 amide bonds. The van der Waals surface area contributed by atoms with Crippen LogP contribution in [0.3, 0.4) is 0 Å². The summed E-state index contributed by atoms with van der Waals surface area (Å²) in [5.74, 6) is 1.71. The molecule has 3 aliphatic rings. The third-order valence-corrected chi connectivity index (χ3v) is 9.27. The van der Waals surface area contributed by atoms with E-state index in [2.05, 4.69) is 38.6 Å². The SMILES string of the molecule is C=C1/C(=C\C=C2/CCC[C@]3(C)[C@@H]2CC[C@H]3[C@@H](C)COCc2cccc(C(C)(C)O)c2)C[C@@H](O)C[C@@H]1O. The maximum Gasteiger partial charge on any atom is 0.0840 e. The average molecular weight is 495 g/mol. The summed E-state index contributed by atoms with van der Waals surface area (Å²) in [5.41, 5.74) is 4.74. The highest BCUT2D eigenvalue weighted by atomic mass is 16.5. The number of rotatable bonds is 7. The van der Waals surface area contributed by atoms with Crippen molar-refractivity contribution in [3.05, 3.63) is 70.8 Å². The molecular weight excluding hydrogens is 448 g/mol. The van der Waals surface area contributed by atoms with Crippen molar-refractivity contribution < 1.29 is 20.1 Å². The highest BCUT2D eigenvalue weighted by Gasteiger charge is 2.50. The second kappa shape index (κ2) is 10.9. The van der Waals surface area contributed by atoms with E-state index in [1.54, 1.807) is 0 Å². The van der Waals surface area contributed by atoms with Crippen LogP contribution < -0.4 is 0 Å². The second-order valence-electron chi connectivity index (χ2n) is 12.4. The van der Waals surface area contributed by atoms with E-state index in [0.29, 0.717) is 37.2 Å². The van der Waals surface area contributed by atoms with E-state index in [1.807, 2.05) is 32.0 Å². The average Bonchev–Trinajstić information content (AvgIpc) is 3.17. The van der Waals surface area contributed by atoms with Crippen molar-refractivity contribution in [2.24, 2.45) is 23.2 Å². The van der Waals surface area contributed by atoms with Crippen molar-refractivity contribution in [3.8, 4) is 0 Å². The number of benzene rings is 1. The number of ether oxygens (including phenoxy) is 1. The maximum absolute atomic E-state index is 10.3. The minimum absolute atomic E-state index is 0.287. The van der Waals surface area contributed by atoms with Crippen molar-refractivity contribution >= 4 is 0 Å². The van der Waals surface area contributed by atoms with Gasteiger partial charge in [-0.1, -0.05) is 62.4 Å². The molecule has 0 unspecified atom stereocenters. The molecule has 0 spiro atoms. The van der Waals surface area contributed by atoms with Gasteiger partial charge in [-0.2, -0.15) is 0 Å². The van der Waals surface area contributed by atoms with Gasteiger partial charge < -0.3 is 20.1 Å². The molecule has 0 aliphatic heterocycles. The first-order valence-corrected chi connectivity index (χ1v) is 13.8. The molecule has 3 fully saturated rings. The topological polar surface area (TPSA) is 69.9 Å². The van der Waals surface area contributed by atoms with Crippen molar-refractivity contribution in [1.82, 2.24) is 0 Å². The van der Waals surface area contributed by atoms with Gasteiger partial charge in [0.25, 0.3) is 0 Å². The van der Waals surface area contributed by atoms with Gasteiger partial charge in [-0.15, -0.1) is 0 Å². The van der Waals surface area contributed by atoms with Gasteiger partial charge in [0.15, 0.2) is 0 Å². The lowest BCUT2D eigenvalue weighted by atomic mass is 9.61. The van der Waals surface area contributed by atoms with Crippen LogP contribution in [0.25, 0.3) is 0 Å². The van der Waals surface area contributed by atoms with Crippen molar-refractivity contribution in [2.45, 2.75) is 97.1 Å². The first-order valence-electron chi connectivity index (χ1n) is 13.8. The third kappa shape index (κ3) is 5.88. The van der Waals surface area contributed by atoms with Gasteiger partial charge in [0, 0.05) is 13.0 Å². The predicted octanol–water partition coefficient (Wildman–Crippen LogP) is 6.21. The Bertz CT molecular complexity index is 1000. The van der Waals surface area contributed by atoms with Gasteiger partial charge in [0.2, 0.25) is 0 Å². The van der Waals surface area contributed by atoms with Gasteiger partial charge in [0.1, 0.15) is 0 Å². The lowest BCUT2D eigenvalue weighted by Crippen LogP contribution is -2.37. The summed E-state index contributed by atoms with van der Waals surface area (Å²) in [6.45, 7) is 13.9. The van der Waals surface area contributed by atoms with Crippen LogP contribution in [-0.4, -0.2) is 34.1 Å². The van der Waals surface area contributed by atoms with Crippen LogP contribution >= 0.6 is 0 Å². The van der Waals surface area contributed by atoms with Crippen LogP contribution in [0, 0.1) is 23.2 Å². The maximum atomic E-state index is 10.3. The van der Waals surface area contributed by atoms with E-state index in [-0.39, 0.29) is 5.41 Å². The van der Waals surface area contributed by atoms with Crippen LogP contribution in [0.2, 0.25) is 0 Å². The van der Waals surface area contributed by atoms with Crippen LogP contribution in [0.1, 0.15) is 83.8 Å². The van der Waals surface area contributed by atoms with E-state index in [1.165, 1.54) is 31.3 Å². The molecular formula is C32H46O4. The van der Waals surface area contributed by atoms with Gasteiger partial charge in [-0.3, -0.25) is 0 Å². The monoisotopic (exact) mass is 494 g/mol. The van der Waals surface area contributed by atoms with Crippen molar-refractivity contribution in [3.63, 3.8) is 0 Å². The lowest BCUT2D eigenvalue weighted by Gasteiger charge is -2.44. The molecule has 4 nitrogen and oxygen atoms in total. The third-order valence-electron chi connectivity index (χ3n) is 9.27. The minimum atomic E-state index is -0.845. The standard InChI is InChI=1S/C32H46O4/c1-21(19-36-20-23-8-6-10-26(16-23)31(3,4)35)28-13-14-29-24(9-7-15-32(28,29)5)11-12-25-17-27(33)18-30(34)22(25)2/h6,8,10-12,16,21,27-30,33-35H,2,7,9,13-15,17-20H2,1,3-5H3/b24-11+,25-12-/t21-,27+,28-,29+,30-,32-/m0/s1. The number of fused-ring (bicyclic) bond motifs is 1. The zero-order valence-electron chi connectivity index (χ0n) is 22.7. The van der Waals surface area contributed by atoms with Gasteiger partial charge in [0.05, 0.1) is 24.4 Å². The summed E-state index contributed by atoms with van der Waals surface area (Å²) in [6, 6.07) is 8.07. The van der Waals surface area contributed by atoms with E-state index in [0.717, 1.165) is 35.3 Å². The molecule has 3 aliphatic carbocycles. The molecule has 0 aromatic heterocycles. The predicted molar refractivity (Wildman–Crippen MR) is 145 cm³/mol. The largest absolute Gasteiger partial charge is 0.393 e. The normalized spacial score (nSPS) is 34.2. The summed E-state index contributed by atoms with van der Waals surface area (Å²) in [5, 5.41) is 30.6. The highest BCUT2D eigenvalue weighted by molar-refractivity contribution is 5.38. The highest BCUT2D eigenvalue weighted by Crippen LogP contribution is 2.59. The molecule has 4 heteroatoms. The number of hydrogen-bond acceptors (Lipinski definition) is 4. The Morgan fingerprint density at radius 2 is 2.00 bits per heavy atom. The van der Waals surface area contributed by atoms with Gasteiger partial charge in [-0.25, -0.2) is 0 Å². The number of hydrogen-bond donors (Lipinski definition) is 3. The summed E-state index contributed by atoms with van der Waals surface area (Å²) >= 11 is 0. The lowest BCUT2D eigenvalue weighted by molar-refractivity contribution is 0.0275. The Labute approximate surface area is 217 Å². The Morgan fingerprint density at radius 3 is 2.75 bits per heavy atom. The molecule has 1 aromatic carbocycles. The Balaban J connectivity index is 1.39. The zero-order valence-corrected chi connectivity index (χ0v) is 22.7. The molecule has 198 valence electrons. The van der Waals surface area contributed by atoms with Crippen LogP contribution in [0.5, 0.6) is 0 Å². The Kier molecular flexibility index (Phi) is 8.31. The smallest absolute Gasteiger partial charge is 0.0840 e. The first-order chi connectivity index (χ1) is 17.0. The van der Waals surface area contributed by atoms with Gasteiger partial charge >= 0.3 is 0 Å². The van der Waals surface area contributed by atoms with Crippen LogP contribution in [-0.2, 0) is 16.9 Å². The van der Waals surface area contributed by atoms with Gasteiger partial charge in [-0.05, 0) is 97.8 Å². The molecule has 1 aromatic rings. The summed E-state index contributed by atoms with van der Waals surface area (Å²) < 4.78 is 6.21. The Morgan fingerprint density at radius 1 is 1.22 bits per heavy atom. The summed E-state index contributed by atoms with van der Waals surface area (Å²) in [7, 11) is 0. The zero-order chi connectivity index (χ0) is 26.1.